The van der Waals surface area contributed by atoms with Gasteiger partial charge < -0.3 is 19.9 Å². The molecule has 1 heterocycles. The Hall–Kier alpha value is -2.57. The molecule has 162 valence electrons. The predicted molar refractivity (Wildman–Crippen MR) is 122 cm³/mol. The fourth-order valence-corrected chi connectivity index (χ4v) is 3.70. The maximum atomic E-state index is 12.4. The second-order valence-corrected chi connectivity index (χ2v) is 8.25. The van der Waals surface area contributed by atoms with Gasteiger partial charge in [0.2, 0.25) is 0 Å². The molecule has 1 aliphatic heterocycles. The van der Waals surface area contributed by atoms with Crippen molar-refractivity contribution in [2.75, 3.05) is 65.4 Å². The summed E-state index contributed by atoms with van der Waals surface area (Å²) in [7, 11) is 6.24. The molecule has 0 aliphatic carbocycles. The summed E-state index contributed by atoms with van der Waals surface area (Å²) in [6, 6.07) is 16.5. The molecule has 6 heteroatoms. The van der Waals surface area contributed by atoms with Gasteiger partial charge in [-0.2, -0.15) is 0 Å². The van der Waals surface area contributed by atoms with Gasteiger partial charge in [0.1, 0.15) is 5.75 Å². The van der Waals surface area contributed by atoms with Crippen LogP contribution in [0.4, 0.5) is 5.69 Å². The third-order valence-corrected chi connectivity index (χ3v) is 5.62. The molecule has 30 heavy (non-hydrogen) atoms. The Balaban J connectivity index is 1.62. The lowest BCUT2D eigenvalue weighted by Gasteiger charge is -2.38. The van der Waals surface area contributed by atoms with Crippen molar-refractivity contribution in [1.82, 2.24) is 15.1 Å². The quantitative estimate of drug-likeness (QED) is 0.725. The molecule has 6 nitrogen and oxygen atoms in total. The van der Waals surface area contributed by atoms with Crippen molar-refractivity contribution in [2.24, 2.45) is 0 Å². The highest BCUT2D eigenvalue weighted by atomic mass is 16.5. The van der Waals surface area contributed by atoms with Crippen LogP contribution in [-0.4, -0.2) is 76.2 Å². The minimum atomic E-state index is -0.0967. The number of rotatable bonds is 8. The lowest BCUT2D eigenvalue weighted by Crippen LogP contribution is -2.48. The summed E-state index contributed by atoms with van der Waals surface area (Å²) in [6.45, 7) is 6.67. The topological polar surface area (TPSA) is 48.1 Å². The fraction of sp³-hybridized carbons (Fsp3) is 0.458. The van der Waals surface area contributed by atoms with E-state index in [0.29, 0.717) is 6.54 Å². The molecule has 1 amide bonds. The molecule has 0 aromatic heterocycles. The van der Waals surface area contributed by atoms with Gasteiger partial charge in [-0.05, 0) is 49.4 Å². The van der Waals surface area contributed by atoms with Crippen molar-refractivity contribution in [3.05, 3.63) is 59.7 Å². The van der Waals surface area contributed by atoms with E-state index >= 15 is 0 Å². The van der Waals surface area contributed by atoms with Crippen molar-refractivity contribution in [3.63, 3.8) is 0 Å². The number of carbonyl (C=O) groups excluding carboxylic acids is 1. The maximum Gasteiger partial charge on any atom is 0.258 e. The number of ether oxygens (including phenoxy) is 1. The van der Waals surface area contributed by atoms with E-state index in [0.717, 1.165) is 37.5 Å². The Bertz CT molecular complexity index is 814. The van der Waals surface area contributed by atoms with Crippen molar-refractivity contribution in [2.45, 2.75) is 13.0 Å². The molecule has 2 aromatic rings. The minimum Gasteiger partial charge on any atom is -0.484 e. The summed E-state index contributed by atoms with van der Waals surface area (Å²) in [5.74, 6) is 0.626. The normalized spacial score (nSPS) is 16.1. The molecule has 1 saturated heterocycles. The third-order valence-electron chi connectivity index (χ3n) is 5.62. The summed E-state index contributed by atoms with van der Waals surface area (Å²) in [5, 5.41) is 3.08. The van der Waals surface area contributed by atoms with Crippen molar-refractivity contribution in [1.29, 1.82) is 0 Å². The Morgan fingerprint density at radius 3 is 2.43 bits per heavy atom. The molecule has 2 aromatic carbocycles. The number of likely N-dealkylation sites (N-methyl/N-ethyl adjacent to an activating group) is 1. The van der Waals surface area contributed by atoms with Crippen molar-refractivity contribution in [3.8, 4) is 5.75 Å². The molecule has 0 saturated carbocycles. The van der Waals surface area contributed by atoms with Gasteiger partial charge in [-0.1, -0.05) is 24.3 Å². The molecule has 1 aliphatic rings. The number of benzene rings is 2. The van der Waals surface area contributed by atoms with E-state index in [-0.39, 0.29) is 18.6 Å². The van der Waals surface area contributed by atoms with E-state index in [1.54, 1.807) is 0 Å². The van der Waals surface area contributed by atoms with E-state index in [4.69, 9.17) is 4.74 Å². The van der Waals surface area contributed by atoms with Crippen LogP contribution in [-0.2, 0) is 4.79 Å². The fourth-order valence-electron chi connectivity index (χ4n) is 3.70. The summed E-state index contributed by atoms with van der Waals surface area (Å²) < 4.78 is 5.65. The lowest BCUT2D eigenvalue weighted by molar-refractivity contribution is -0.123. The van der Waals surface area contributed by atoms with Crippen LogP contribution in [0.3, 0.4) is 0 Å². The number of nitrogens with zero attached hydrogens (tertiary/aromatic N) is 3. The number of nitrogens with one attached hydrogen (secondary N) is 1. The zero-order valence-electron chi connectivity index (χ0n) is 18.6. The molecule has 1 atom stereocenters. The number of anilines is 1. The van der Waals surface area contributed by atoms with Crippen LogP contribution in [0.25, 0.3) is 0 Å². The second kappa shape index (κ2) is 10.5. The van der Waals surface area contributed by atoms with Gasteiger partial charge in [-0.15, -0.1) is 0 Å². The van der Waals surface area contributed by atoms with E-state index in [1.807, 2.05) is 45.3 Å². The zero-order valence-corrected chi connectivity index (χ0v) is 18.6. The van der Waals surface area contributed by atoms with Gasteiger partial charge in [-0.3, -0.25) is 9.69 Å². The highest BCUT2D eigenvalue weighted by molar-refractivity contribution is 5.77. The molecule has 1 N–H and O–H groups in total. The third kappa shape index (κ3) is 6.21. The number of carbonyl (C=O) groups is 1. The molecule has 0 radical (unpaired) electrons. The first-order chi connectivity index (χ1) is 14.4. The van der Waals surface area contributed by atoms with Crippen molar-refractivity contribution >= 4 is 11.6 Å². The Kier molecular flexibility index (Phi) is 7.71. The number of hydrogen-bond donors (Lipinski definition) is 1. The van der Waals surface area contributed by atoms with Crippen LogP contribution in [0.5, 0.6) is 5.75 Å². The van der Waals surface area contributed by atoms with Gasteiger partial charge in [0.15, 0.2) is 6.61 Å². The van der Waals surface area contributed by atoms with E-state index in [9.17, 15) is 4.79 Å². The summed E-state index contributed by atoms with van der Waals surface area (Å²) in [5.41, 5.74) is 3.51. The van der Waals surface area contributed by atoms with Crippen LogP contribution in [0.2, 0.25) is 0 Å². The van der Waals surface area contributed by atoms with Crippen LogP contribution < -0.4 is 15.0 Å². The first kappa shape index (κ1) is 22.1. The van der Waals surface area contributed by atoms with Crippen molar-refractivity contribution < 1.29 is 9.53 Å². The highest BCUT2D eigenvalue weighted by Crippen LogP contribution is 2.24. The zero-order chi connectivity index (χ0) is 21.5. The van der Waals surface area contributed by atoms with Crippen LogP contribution >= 0.6 is 0 Å². The monoisotopic (exact) mass is 410 g/mol. The lowest BCUT2D eigenvalue weighted by atomic mass is 10.0. The number of amides is 1. The smallest absolute Gasteiger partial charge is 0.258 e. The molecule has 3 rings (SSSR count). The molecule has 1 unspecified atom stereocenters. The number of hydrogen-bond acceptors (Lipinski definition) is 5. The van der Waals surface area contributed by atoms with Gasteiger partial charge in [0.25, 0.3) is 5.91 Å². The molecule has 1 fully saturated rings. The van der Waals surface area contributed by atoms with Crippen LogP contribution in [0.1, 0.15) is 17.2 Å². The Morgan fingerprint density at radius 2 is 1.80 bits per heavy atom. The summed E-state index contributed by atoms with van der Waals surface area (Å²) in [6.07, 6.45) is 0. The van der Waals surface area contributed by atoms with Gasteiger partial charge in [0, 0.05) is 52.5 Å². The van der Waals surface area contributed by atoms with E-state index in [1.165, 1.54) is 11.3 Å². The summed E-state index contributed by atoms with van der Waals surface area (Å²) >= 11 is 0. The largest absolute Gasteiger partial charge is 0.484 e. The molecule has 0 bridgehead atoms. The minimum absolute atomic E-state index is 0.0263. The first-order valence-electron chi connectivity index (χ1n) is 10.6. The first-order valence-corrected chi connectivity index (χ1v) is 10.6. The van der Waals surface area contributed by atoms with Crippen LogP contribution in [0, 0.1) is 6.92 Å². The molecular weight excluding hydrogens is 376 g/mol. The van der Waals surface area contributed by atoms with E-state index < -0.39 is 0 Å². The highest BCUT2D eigenvalue weighted by Gasteiger charge is 2.24. The van der Waals surface area contributed by atoms with Gasteiger partial charge in [-0.25, -0.2) is 0 Å². The van der Waals surface area contributed by atoms with E-state index in [2.05, 4.69) is 51.3 Å². The number of piperazine rings is 1. The standard InChI is InChI=1S/C24H34N4O2/c1-19-6-5-7-22(16-19)30-18-24(29)25-17-23(28-14-12-27(4)13-15-28)20-8-10-21(11-9-20)26(2)3/h5-11,16,23H,12-15,17-18H2,1-4H3,(H,25,29). The predicted octanol–water partition coefficient (Wildman–Crippen LogP) is 2.54. The average Bonchev–Trinajstić information content (AvgIpc) is 2.74. The molecular formula is C24H34N4O2. The SMILES string of the molecule is Cc1cccc(OCC(=O)NCC(c2ccc(N(C)C)cc2)N2CCN(C)CC2)c1. The number of aryl methyl sites for hydroxylation is 1. The summed E-state index contributed by atoms with van der Waals surface area (Å²) in [4.78, 5) is 19.4. The van der Waals surface area contributed by atoms with Crippen LogP contribution in [0.15, 0.2) is 48.5 Å². The van der Waals surface area contributed by atoms with Gasteiger partial charge in [0.05, 0.1) is 6.04 Å². The Labute approximate surface area is 180 Å². The Morgan fingerprint density at radius 1 is 1.10 bits per heavy atom. The second-order valence-electron chi connectivity index (χ2n) is 8.25. The van der Waals surface area contributed by atoms with Gasteiger partial charge >= 0.3 is 0 Å². The molecule has 0 spiro atoms. The maximum absolute atomic E-state index is 12.4. The average molecular weight is 411 g/mol.